The third-order valence-corrected chi connectivity index (χ3v) is 6.32. The van der Waals surface area contributed by atoms with Gasteiger partial charge >= 0.3 is 0 Å². The summed E-state index contributed by atoms with van der Waals surface area (Å²) in [5.41, 5.74) is 0.854. The Labute approximate surface area is 168 Å². The molecule has 0 N–H and O–H groups in total. The molecule has 11 heteroatoms. The first-order valence-corrected chi connectivity index (χ1v) is 10.5. The van der Waals surface area contributed by atoms with Gasteiger partial charge in [-0.25, -0.2) is 0 Å². The van der Waals surface area contributed by atoms with Gasteiger partial charge in [0.1, 0.15) is 0 Å². The fourth-order valence-corrected chi connectivity index (χ4v) is 4.37. The minimum absolute atomic E-state index is 0.222. The molecule has 0 amide bonds. The van der Waals surface area contributed by atoms with Crippen LogP contribution in [-0.2, 0) is 0 Å². The van der Waals surface area contributed by atoms with Gasteiger partial charge in [-0.05, 0) is 57.2 Å². The fourth-order valence-electron chi connectivity index (χ4n) is 1.98. The van der Waals surface area contributed by atoms with E-state index in [0.29, 0.717) is 25.6 Å². The van der Waals surface area contributed by atoms with Crippen molar-refractivity contribution in [1.29, 1.82) is 0 Å². The van der Waals surface area contributed by atoms with Crippen LogP contribution in [0.3, 0.4) is 0 Å². The maximum Gasteiger partial charge on any atom is 0.231 e. The maximum absolute atomic E-state index is 5.50. The number of benzene rings is 1. The van der Waals surface area contributed by atoms with E-state index < -0.39 is 0 Å². The standard InChI is InChI=1S/C15H17N5O2S4/c1-18(2)12(23)16-14-20(15(26-25-14)17-13(24)19(3)4)9-5-6-10-11(7-9)22-8-21-10/h5-7H,8H2,1-4H3/b16-14-,17-15-. The molecule has 0 bridgehead atoms. The largest absolute Gasteiger partial charge is 0.454 e. The average Bonchev–Trinajstić information content (AvgIpc) is 3.20. The smallest absolute Gasteiger partial charge is 0.231 e. The first kappa shape index (κ1) is 19.0. The molecule has 26 heavy (non-hydrogen) atoms. The quantitative estimate of drug-likeness (QED) is 0.511. The Morgan fingerprint density at radius 2 is 1.50 bits per heavy atom. The lowest BCUT2D eigenvalue weighted by atomic mass is 10.3. The Morgan fingerprint density at radius 3 is 2.04 bits per heavy atom. The average molecular weight is 428 g/mol. The zero-order valence-corrected chi connectivity index (χ0v) is 17.9. The summed E-state index contributed by atoms with van der Waals surface area (Å²) in [6, 6.07) is 5.70. The summed E-state index contributed by atoms with van der Waals surface area (Å²) in [7, 11) is 10.4. The molecule has 1 aromatic heterocycles. The summed E-state index contributed by atoms with van der Waals surface area (Å²) >= 11 is 10.7. The minimum Gasteiger partial charge on any atom is -0.454 e. The van der Waals surface area contributed by atoms with E-state index in [4.69, 9.17) is 33.9 Å². The lowest BCUT2D eigenvalue weighted by molar-refractivity contribution is 0.174. The highest BCUT2D eigenvalue weighted by Gasteiger charge is 2.16. The van der Waals surface area contributed by atoms with E-state index in [1.54, 1.807) is 9.80 Å². The van der Waals surface area contributed by atoms with Gasteiger partial charge in [-0.15, -0.1) is 0 Å². The van der Waals surface area contributed by atoms with E-state index in [-0.39, 0.29) is 6.79 Å². The van der Waals surface area contributed by atoms with Crippen LogP contribution >= 0.6 is 45.1 Å². The van der Waals surface area contributed by atoms with Crippen LogP contribution in [0.4, 0.5) is 0 Å². The molecular weight excluding hydrogens is 410 g/mol. The normalized spacial score (nSPS) is 13.8. The van der Waals surface area contributed by atoms with Crippen molar-refractivity contribution in [3.05, 3.63) is 27.8 Å². The first-order chi connectivity index (χ1) is 12.4. The predicted octanol–water partition coefficient (Wildman–Crippen LogP) is 1.82. The van der Waals surface area contributed by atoms with Crippen LogP contribution in [-0.4, -0.2) is 59.6 Å². The number of hydrogen-bond donors (Lipinski definition) is 0. The van der Waals surface area contributed by atoms with Gasteiger partial charge in [0.05, 0.1) is 5.69 Å². The van der Waals surface area contributed by atoms with Gasteiger partial charge in [-0.3, -0.25) is 4.57 Å². The molecule has 0 radical (unpaired) electrons. The molecule has 7 nitrogen and oxygen atoms in total. The molecule has 138 valence electrons. The van der Waals surface area contributed by atoms with Crippen molar-refractivity contribution in [2.24, 2.45) is 9.98 Å². The van der Waals surface area contributed by atoms with E-state index in [1.807, 2.05) is 51.0 Å². The van der Waals surface area contributed by atoms with Crippen molar-refractivity contribution in [2.45, 2.75) is 0 Å². The zero-order chi connectivity index (χ0) is 18.8. The van der Waals surface area contributed by atoms with Crippen LogP contribution < -0.4 is 19.1 Å². The monoisotopic (exact) mass is 427 g/mol. The van der Waals surface area contributed by atoms with Gasteiger partial charge in [-0.2, -0.15) is 9.98 Å². The summed E-state index contributed by atoms with van der Waals surface area (Å²) in [4.78, 5) is 14.1. The molecule has 1 aliphatic rings. The third-order valence-electron chi connectivity index (χ3n) is 3.34. The molecule has 0 unspecified atom stereocenters. The Balaban J connectivity index is 2.21. The van der Waals surface area contributed by atoms with Gasteiger partial charge in [-0.1, -0.05) is 0 Å². The second-order valence-corrected chi connectivity index (χ2v) is 8.48. The van der Waals surface area contributed by atoms with Gasteiger partial charge in [0.25, 0.3) is 0 Å². The highest BCUT2D eigenvalue weighted by Crippen LogP contribution is 2.33. The SMILES string of the molecule is CN(C)C(=S)/N=c1\ss/c(=N\C(=S)N(C)C)n1-c1ccc2c(c1)OCO2. The number of aromatic nitrogens is 1. The molecule has 0 fully saturated rings. The highest BCUT2D eigenvalue weighted by molar-refractivity contribution is 7.80. The number of ether oxygens (including phenoxy) is 2. The number of fused-ring (bicyclic) bond motifs is 1. The zero-order valence-electron chi connectivity index (χ0n) is 14.6. The molecule has 0 spiro atoms. The van der Waals surface area contributed by atoms with Gasteiger partial charge in [0.15, 0.2) is 21.7 Å². The van der Waals surface area contributed by atoms with Crippen molar-refractivity contribution < 1.29 is 9.47 Å². The molecule has 0 saturated carbocycles. The lowest BCUT2D eigenvalue weighted by Crippen LogP contribution is -2.29. The van der Waals surface area contributed by atoms with Gasteiger partial charge < -0.3 is 19.3 Å². The Kier molecular flexibility index (Phi) is 5.70. The Bertz CT molecular complexity index is 937. The highest BCUT2D eigenvalue weighted by atomic mass is 32.9. The Morgan fingerprint density at radius 1 is 0.962 bits per heavy atom. The van der Waals surface area contributed by atoms with Gasteiger partial charge in [0.2, 0.25) is 16.4 Å². The molecule has 0 atom stereocenters. The summed E-state index contributed by atoms with van der Waals surface area (Å²) < 4.78 is 12.8. The van der Waals surface area contributed by atoms with Crippen LogP contribution in [0, 0.1) is 0 Å². The molecule has 2 aromatic rings. The van der Waals surface area contributed by atoms with Gasteiger partial charge in [0, 0.05) is 34.3 Å². The van der Waals surface area contributed by atoms with E-state index in [9.17, 15) is 0 Å². The van der Waals surface area contributed by atoms with Crippen molar-refractivity contribution in [2.75, 3.05) is 35.0 Å². The molecule has 1 aliphatic heterocycles. The van der Waals surface area contributed by atoms with Crippen LogP contribution in [0.15, 0.2) is 28.2 Å². The molecule has 2 heterocycles. The molecular formula is C15H17N5O2S4. The number of hydrogen-bond acceptors (Lipinski definition) is 6. The summed E-state index contributed by atoms with van der Waals surface area (Å²) in [5.74, 6) is 1.41. The molecule has 1 aromatic carbocycles. The lowest BCUT2D eigenvalue weighted by Gasteiger charge is -2.10. The second-order valence-electron chi connectivity index (χ2n) is 5.68. The molecule has 0 aliphatic carbocycles. The summed E-state index contributed by atoms with van der Waals surface area (Å²) in [6.07, 6.45) is 0. The number of nitrogens with zero attached hydrogens (tertiary/aromatic N) is 5. The summed E-state index contributed by atoms with van der Waals surface area (Å²) in [6.45, 7) is 0.222. The fraction of sp³-hybridized carbons (Fsp3) is 0.333. The van der Waals surface area contributed by atoms with Crippen molar-refractivity contribution in [1.82, 2.24) is 14.4 Å². The molecule has 3 rings (SSSR count). The van der Waals surface area contributed by atoms with Crippen LogP contribution in [0.2, 0.25) is 0 Å². The Hall–Kier alpha value is -1.82. The minimum atomic E-state index is 0.222. The first-order valence-electron chi connectivity index (χ1n) is 7.51. The number of thiocarbonyl (C=S) groups is 2. The van der Waals surface area contributed by atoms with Crippen LogP contribution in [0.1, 0.15) is 0 Å². The number of rotatable bonds is 1. The summed E-state index contributed by atoms with van der Waals surface area (Å²) in [5, 5.41) is 0.963. The van der Waals surface area contributed by atoms with E-state index in [1.165, 1.54) is 20.7 Å². The maximum atomic E-state index is 5.50. The third kappa shape index (κ3) is 3.95. The van der Waals surface area contributed by atoms with Crippen molar-refractivity contribution in [3.63, 3.8) is 0 Å². The molecule has 0 saturated heterocycles. The van der Waals surface area contributed by atoms with Crippen LogP contribution in [0.25, 0.3) is 5.69 Å². The predicted molar refractivity (Wildman–Crippen MR) is 111 cm³/mol. The van der Waals surface area contributed by atoms with Crippen molar-refractivity contribution in [3.8, 4) is 17.2 Å². The van der Waals surface area contributed by atoms with E-state index in [2.05, 4.69) is 9.98 Å². The van der Waals surface area contributed by atoms with Crippen molar-refractivity contribution >= 4 is 55.3 Å². The van der Waals surface area contributed by atoms with E-state index >= 15 is 0 Å². The topological polar surface area (TPSA) is 54.6 Å². The van der Waals surface area contributed by atoms with Crippen LogP contribution in [0.5, 0.6) is 11.5 Å². The second kappa shape index (κ2) is 7.82. The van der Waals surface area contributed by atoms with E-state index in [0.717, 1.165) is 11.4 Å².